The largest absolute Gasteiger partial charge is 0.489 e. The third kappa shape index (κ3) is 7.19. The molecular weight excluding hydrogens is 365 g/mol. The summed E-state index contributed by atoms with van der Waals surface area (Å²) >= 11 is 12.1. The van der Waals surface area contributed by atoms with Crippen molar-refractivity contribution in [3.8, 4) is 5.75 Å². The van der Waals surface area contributed by atoms with Gasteiger partial charge in [-0.3, -0.25) is 0 Å². The Kier molecular flexibility index (Phi) is 9.31. The molecule has 0 saturated carbocycles. The highest BCUT2D eigenvalue weighted by Crippen LogP contribution is 2.23. The van der Waals surface area contributed by atoms with Gasteiger partial charge in [0.05, 0.1) is 0 Å². The molecule has 0 aliphatic rings. The van der Waals surface area contributed by atoms with Crippen molar-refractivity contribution in [1.82, 2.24) is 4.90 Å². The Balaban J connectivity index is 1.78. The van der Waals surface area contributed by atoms with E-state index in [1.54, 1.807) is 6.07 Å². The zero-order chi connectivity index (χ0) is 18.8. The van der Waals surface area contributed by atoms with Gasteiger partial charge >= 0.3 is 0 Å². The minimum atomic E-state index is 0.443. The Morgan fingerprint density at radius 1 is 0.885 bits per heavy atom. The van der Waals surface area contributed by atoms with Crippen LogP contribution in [-0.4, -0.2) is 24.5 Å². The summed E-state index contributed by atoms with van der Waals surface area (Å²) in [6.07, 6.45) is 4.75. The molecule has 142 valence electrons. The fourth-order valence-corrected chi connectivity index (χ4v) is 3.49. The molecule has 0 radical (unpaired) electrons. The van der Waals surface area contributed by atoms with Crippen molar-refractivity contribution in [2.45, 2.75) is 46.1 Å². The van der Waals surface area contributed by atoms with Crippen LogP contribution in [0.2, 0.25) is 10.0 Å². The summed E-state index contributed by atoms with van der Waals surface area (Å²) in [5, 5.41) is 1.28. The Bertz CT molecular complexity index is 652. The molecule has 0 aromatic heterocycles. The van der Waals surface area contributed by atoms with Crippen LogP contribution in [0.25, 0.3) is 0 Å². The monoisotopic (exact) mass is 393 g/mol. The van der Waals surface area contributed by atoms with E-state index in [-0.39, 0.29) is 0 Å². The van der Waals surface area contributed by atoms with Crippen molar-refractivity contribution in [2.24, 2.45) is 0 Å². The molecule has 0 aliphatic heterocycles. The predicted molar refractivity (Wildman–Crippen MR) is 113 cm³/mol. The molecule has 2 aromatic carbocycles. The van der Waals surface area contributed by atoms with E-state index < -0.39 is 0 Å². The fraction of sp³-hybridized carbons (Fsp3) is 0.455. The molecule has 2 aromatic rings. The highest BCUT2D eigenvalue weighted by Gasteiger charge is 2.04. The standard InChI is InChI=1S/C22H29Cl2NO/c1-3-13-25(14-4-2)15-5-6-18-7-11-21(12-8-18)26-17-19-9-10-20(23)16-22(19)24/h7-12,16H,3-6,13-15,17H2,1-2H3. The van der Waals surface area contributed by atoms with Crippen molar-refractivity contribution in [1.29, 1.82) is 0 Å². The lowest BCUT2D eigenvalue weighted by atomic mass is 10.1. The molecule has 0 spiro atoms. The van der Waals surface area contributed by atoms with E-state index in [2.05, 4.69) is 30.9 Å². The second-order valence-corrected chi connectivity index (χ2v) is 7.46. The van der Waals surface area contributed by atoms with Crippen LogP contribution >= 0.6 is 23.2 Å². The highest BCUT2D eigenvalue weighted by molar-refractivity contribution is 6.35. The molecule has 0 N–H and O–H groups in total. The first-order valence-electron chi connectivity index (χ1n) is 9.50. The maximum Gasteiger partial charge on any atom is 0.119 e. The lowest BCUT2D eigenvalue weighted by molar-refractivity contribution is 0.271. The maximum absolute atomic E-state index is 6.18. The van der Waals surface area contributed by atoms with E-state index in [4.69, 9.17) is 27.9 Å². The summed E-state index contributed by atoms with van der Waals surface area (Å²) in [5.74, 6) is 0.860. The number of hydrogen-bond donors (Lipinski definition) is 0. The van der Waals surface area contributed by atoms with Crippen molar-refractivity contribution >= 4 is 23.2 Å². The van der Waals surface area contributed by atoms with Gasteiger partial charge in [-0.05, 0) is 75.1 Å². The van der Waals surface area contributed by atoms with E-state index in [0.717, 1.165) is 17.7 Å². The molecule has 0 fully saturated rings. The molecule has 4 heteroatoms. The quantitative estimate of drug-likeness (QED) is 0.424. The van der Waals surface area contributed by atoms with Crippen molar-refractivity contribution in [3.05, 3.63) is 63.6 Å². The zero-order valence-corrected chi connectivity index (χ0v) is 17.3. The van der Waals surface area contributed by atoms with Gasteiger partial charge < -0.3 is 9.64 Å². The summed E-state index contributed by atoms with van der Waals surface area (Å²) in [4.78, 5) is 2.56. The Hall–Kier alpha value is -1.22. The summed E-state index contributed by atoms with van der Waals surface area (Å²) in [6, 6.07) is 13.9. The number of ether oxygens (including phenoxy) is 1. The molecule has 0 bridgehead atoms. The third-order valence-electron chi connectivity index (χ3n) is 4.35. The SMILES string of the molecule is CCCN(CCC)CCCc1ccc(OCc2ccc(Cl)cc2Cl)cc1. The van der Waals surface area contributed by atoms with Gasteiger partial charge in [0.1, 0.15) is 12.4 Å². The van der Waals surface area contributed by atoms with Crippen LogP contribution in [-0.2, 0) is 13.0 Å². The van der Waals surface area contributed by atoms with Gasteiger partial charge in [-0.25, -0.2) is 0 Å². The Morgan fingerprint density at radius 2 is 1.58 bits per heavy atom. The second-order valence-electron chi connectivity index (χ2n) is 6.61. The van der Waals surface area contributed by atoms with Crippen LogP contribution < -0.4 is 4.74 Å². The molecule has 0 unspecified atom stereocenters. The first-order valence-corrected chi connectivity index (χ1v) is 10.3. The van der Waals surface area contributed by atoms with E-state index in [0.29, 0.717) is 16.7 Å². The topological polar surface area (TPSA) is 12.5 Å². The number of nitrogens with zero attached hydrogens (tertiary/aromatic N) is 1. The molecule has 0 aliphatic carbocycles. The van der Waals surface area contributed by atoms with Gasteiger partial charge in [-0.15, -0.1) is 0 Å². The minimum absolute atomic E-state index is 0.443. The second kappa shape index (κ2) is 11.5. The molecule has 0 heterocycles. The average Bonchev–Trinajstić information content (AvgIpc) is 2.62. The number of halogens is 2. The van der Waals surface area contributed by atoms with Gasteiger partial charge in [-0.1, -0.05) is 55.2 Å². The molecule has 2 nitrogen and oxygen atoms in total. The molecular formula is C22H29Cl2NO. The molecule has 0 saturated heterocycles. The van der Waals surface area contributed by atoms with E-state index in [9.17, 15) is 0 Å². The maximum atomic E-state index is 6.18. The first-order chi connectivity index (χ1) is 12.6. The van der Waals surface area contributed by atoms with E-state index in [1.807, 2.05) is 24.3 Å². The minimum Gasteiger partial charge on any atom is -0.489 e. The summed E-state index contributed by atoms with van der Waals surface area (Å²) in [7, 11) is 0. The Morgan fingerprint density at radius 3 is 2.19 bits per heavy atom. The fourth-order valence-electron chi connectivity index (χ4n) is 3.03. The summed E-state index contributed by atoms with van der Waals surface area (Å²) in [6.45, 7) is 8.52. The molecule has 0 atom stereocenters. The van der Waals surface area contributed by atoms with Gasteiger partial charge in [0.2, 0.25) is 0 Å². The van der Waals surface area contributed by atoms with Crippen LogP contribution in [0.5, 0.6) is 5.75 Å². The van der Waals surface area contributed by atoms with Crippen LogP contribution in [0.1, 0.15) is 44.2 Å². The predicted octanol–water partition coefficient (Wildman–Crippen LogP) is 6.63. The van der Waals surface area contributed by atoms with Crippen molar-refractivity contribution in [3.63, 3.8) is 0 Å². The molecule has 26 heavy (non-hydrogen) atoms. The van der Waals surface area contributed by atoms with Crippen LogP contribution in [0.15, 0.2) is 42.5 Å². The van der Waals surface area contributed by atoms with Crippen LogP contribution in [0.4, 0.5) is 0 Å². The van der Waals surface area contributed by atoms with Gasteiger partial charge in [0.15, 0.2) is 0 Å². The third-order valence-corrected chi connectivity index (χ3v) is 4.94. The van der Waals surface area contributed by atoms with E-state index >= 15 is 0 Å². The summed E-state index contributed by atoms with van der Waals surface area (Å²) < 4.78 is 5.84. The van der Waals surface area contributed by atoms with Crippen molar-refractivity contribution < 1.29 is 4.74 Å². The van der Waals surface area contributed by atoms with Gasteiger partial charge in [-0.2, -0.15) is 0 Å². The number of benzene rings is 2. The number of aryl methyl sites for hydroxylation is 1. The normalized spacial score (nSPS) is 11.1. The summed E-state index contributed by atoms with van der Waals surface area (Å²) in [5.41, 5.74) is 2.29. The van der Waals surface area contributed by atoms with Crippen LogP contribution in [0.3, 0.4) is 0 Å². The lowest BCUT2D eigenvalue weighted by Gasteiger charge is -2.20. The first kappa shape index (κ1) is 21.1. The number of hydrogen-bond acceptors (Lipinski definition) is 2. The molecule has 2 rings (SSSR count). The molecule has 0 amide bonds. The van der Waals surface area contributed by atoms with Crippen LogP contribution in [0, 0.1) is 0 Å². The number of rotatable bonds is 11. The van der Waals surface area contributed by atoms with Gasteiger partial charge in [0, 0.05) is 15.6 Å². The Labute approximate surface area is 168 Å². The van der Waals surface area contributed by atoms with Gasteiger partial charge in [0.25, 0.3) is 0 Å². The lowest BCUT2D eigenvalue weighted by Crippen LogP contribution is -2.26. The van der Waals surface area contributed by atoms with Crippen molar-refractivity contribution in [2.75, 3.05) is 19.6 Å². The highest BCUT2D eigenvalue weighted by atomic mass is 35.5. The smallest absolute Gasteiger partial charge is 0.119 e. The average molecular weight is 394 g/mol. The van der Waals surface area contributed by atoms with E-state index in [1.165, 1.54) is 44.5 Å². The zero-order valence-electron chi connectivity index (χ0n) is 15.8.